The van der Waals surface area contributed by atoms with Crippen LogP contribution < -0.4 is 19.5 Å². The number of aromatic nitrogens is 1. The monoisotopic (exact) mass is 547 g/mol. The third-order valence-electron chi connectivity index (χ3n) is 6.35. The zero-order valence-electron chi connectivity index (χ0n) is 22.2. The lowest BCUT2D eigenvalue weighted by Crippen LogP contribution is -2.38. The molecule has 0 aliphatic carbocycles. The van der Waals surface area contributed by atoms with Gasteiger partial charge in [0, 0.05) is 22.5 Å². The average Bonchev–Trinajstić information content (AvgIpc) is 3.25. The summed E-state index contributed by atoms with van der Waals surface area (Å²) < 4.78 is 14.1. The van der Waals surface area contributed by atoms with Crippen LogP contribution in [0, 0.1) is 5.41 Å². The van der Waals surface area contributed by atoms with Gasteiger partial charge in [-0.25, -0.2) is 0 Å². The number of rotatable bonds is 13. The number of carbonyl (C=O) groups is 1. The fourth-order valence-corrected chi connectivity index (χ4v) is 5.03. The van der Waals surface area contributed by atoms with E-state index in [1.807, 2.05) is 60.7 Å². The van der Waals surface area contributed by atoms with Gasteiger partial charge in [-0.15, -0.1) is 0 Å². The quantitative estimate of drug-likeness (QED) is 0.139. The van der Waals surface area contributed by atoms with Gasteiger partial charge < -0.3 is 24.2 Å². The van der Waals surface area contributed by atoms with Crippen LogP contribution in [0.5, 0.6) is 11.5 Å². The predicted octanol–water partition coefficient (Wildman–Crippen LogP) is 4.48. The van der Waals surface area contributed by atoms with E-state index in [-0.39, 0.29) is 4.87 Å². The molecule has 3 aromatic carbocycles. The van der Waals surface area contributed by atoms with Crippen molar-refractivity contribution in [2.75, 3.05) is 20.3 Å². The average molecular weight is 548 g/mol. The number of carboxylic acids is 1. The molecule has 0 amide bonds. The number of carbonyl (C=O) groups excluding carboxylic acids is 1. The highest BCUT2D eigenvalue weighted by molar-refractivity contribution is 7.16. The Morgan fingerprint density at radius 1 is 0.949 bits per heavy atom. The molecule has 0 aliphatic rings. The fraction of sp³-hybridized carbons (Fsp3) is 0.300. The van der Waals surface area contributed by atoms with Crippen LogP contribution in [0.25, 0.3) is 10.2 Å². The molecular weight excluding hydrogens is 516 g/mol. The van der Waals surface area contributed by atoms with Crippen LogP contribution in [0.1, 0.15) is 37.8 Å². The van der Waals surface area contributed by atoms with Crippen molar-refractivity contribution in [3.05, 3.63) is 93.6 Å². The van der Waals surface area contributed by atoms with Crippen LogP contribution >= 0.6 is 11.3 Å². The Morgan fingerprint density at radius 2 is 1.62 bits per heavy atom. The second-order valence-electron chi connectivity index (χ2n) is 9.63. The first kappa shape index (κ1) is 27.9. The highest BCUT2D eigenvalue weighted by atomic mass is 32.1. The van der Waals surface area contributed by atoms with Crippen LogP contribution in [-0.2, 0) is 16.2 Å². The standard InChI is InChI=1S/C30H32N2O6S/c1-30(2,28(33)34)16-7-18-37-23-11-13-24(14-12-23)38-19-17-32-25-15-10-22(20-26(25)39-29(32)35)27(31-36-3)21-8-5-4-6-9-21/h4-6,8-15,20H,7,16-19H2,1-3H3,(H,33,34)/p-1/b31-27+. The number of nitrogens with zero attached hydrogens (tertiary/aromatic N) is 2. The lowest BCUT2D eigenvalue weighted by atomic mass is 9.88. The van der Waals surface area contributed by atoms with Crippen LogP contribution in [0.2, 0.25) is 0 Å². The van der Waals surface area contributed by atoms with E-state index in [0.717, 1.165) is 21.3 Å². The zero-order chi connectivity index (χ0) is 27.8. The minimum Gasteiger partial charge on any atom is -0.550 e. The molecule has 0 N–H and O–H groups in total. The summed E-state index contributed by atoms with van der Waals surface area (Å²) in [5.74, 6) is 0.287. The van der Waals surface area contributed by atoms with E-state index in [0.29, 0.717) is 49.8 Å². The molecule has 9 heteroatoms. The first-order valence-corrected chi connectivity index (χ1v) is 13.5. The Kier molecular flexibility index (Phi) is 9.03. The summed E-state index contributed by atoms with van der Waals surface area (Å²) >= 11 is 1.19. The van der Waals surface area contributed by atoms with Gasteiger partial charge in [0.2, 0.25) is 0 Å². The van der Waals surface area contributed by atoms with Gasteiger partial charge >= 0.3 is 4.87 Å². The Hall–Kier alpha value is -4.11. The molecule has 8 nitrogen and oxygen atoms in total. The van der Waals surface area contributed by atoms with Crippen molar-refractivity contribution < 1.29 is 24.2 Å². The third-order valence-corrected chi connectivity index (χ3v) is 7.29. The van der Waals surface area contributed by atoms with Gasteiger partial charge in [-0.2, -0.15) is 0 Å². The largest absolute Gasteiger partial charge is 0.550 e. The third kappa shape index (κ3) is 7.06. The van der Waals surface area contributed by atoms with E-state index in [2.05, 4.69) is 5.16 Å². The fourth-order valence-electron chi connectivity index (χ4n) is 4.08. The Labute approximate surface area is 231 Å². The Morgan fingerprint density at radius 3 is 2.26 bits per heavy atom. The molecule has 4 aromatic rings. The summed E-state index contributed by atoms with van der Waals surface area (Å²) in [4.78, 5) is 28.9. The number of oxime groups is 1. The van der Waals surface area contributed by atoms with Crippen LogP contribution in [0.4, 0.5) is 0 Å². The predicted molar refractivity (Wildman–Crippen MR) is 151 cm³/mol. The normalized spacial score (nSPS) is 11.9. The molecule has 1 heterocycles. The number of fused-ring (bicyclic) bond motifs is 1. The van der Waals surface area contributed by atoms with Gasteiger partial charge in [0.1, 0.15) is 30.9 Å². The van der Waals surface area contributed by atoms with Crippen LogP contribution in [0.3, 0.4) is 0 Å². The highest BCUT2D eigenvalue weighted by Crippen LogP contribution is 2.24. The molecule has 4 rings (SSSR count). The van der Waals surface area contributed by atoms with Crippen molar-refractivity contribution in [1.29, 1.82) is 0 Å². The van der Waals surface area contributed by atoms with Gasteiger partial charge in [-0.3, -0.25) is 9.36 Å². The van der Waals surface area contributed by atoms with E-state index in [9.17, 15) is 14.7 Å². The number of aliphatic carboxylic acids is 1. The number of benzene rings is 3. The van der Waals surface area contributed by atoms with E-state index in [1.54, 1.807) is 30.5 Å². The van der Waals surface area contributed by atoms with Gasteiger partial charge in [0.05, 0.1) is 23.4 Å². The number of thiazole rings is 1. The molecule has 0 spiro atoms. The van der Waals surface area contributed by atoms with Gasteiger partial charge in [0.25, 0.3) is 0 Å². The van der Waals surface area contributed by atoms with Crippen molar-refractivity contribution in [1.82, 2.24) is 4.57 Å². The van der Waals surface area contributed by atoms with Crippen molar-refractivity contribution in [3.8, 4) is 11.5 Å². The smallest absolute Gasteiger partial charge is 0.308 e. The maximum absolute atomic E-state index is 12.7. The first-order valence-electron chi connectivity index (χ1n) is 12.7. The number of carboxylic acid groups (broad SMARTS) is 1. The van der Waals surface area contributed by atoms with Crippen LogP contribution in [-0.4, -0.2) is 36.6 Å². The Balaban J connectivity index is 1.34. The molecule has 0 aliphatic heterocycles. The van der Waals surface area contributed by atoms with Gasteiger partial charge in [-0.1, -0.05) is 66.7 Å². The van der Waals surface area contributed by atoms with Gasteiger partial charge in [0.15, 0.2) is 0 Å². The first-order chi connectivity index (χ1) is 18.8. The van der Waals surface area contributed by atoms with E-state index >= 15 is 0 Å². The molecule has 0 atom stereocenters. The lowest BCUT2D eigenvalue weighted by Gasteiger charge is -2.25. The summed E-state index contributed by atoms with van der Waals surface area (Å²) in [6.07, 6.45) is 1.08. The number of ether oxygens (including phenoxy) is 2. The molecule has 204 valence electrons. The topological polar surface area (TPSA) is 102 Å². The van der Waals surface area contributed by atoms with E-state index in [4.69, 9.17) is 14.3 Å². The second kappa shape index (κ2) is 12.6. The number of hydrogen-bond acceptors (Lipinski definition) is 8. The summed E-state index contributed by atoms with van der Waals surface area (Å²) in [6, 6.07) is 22.8. The molecule has 39 heavy (non-hydrogen) atoms. The highest BCUT2D eigenvalue weighted by Gasteiger charge is 2.18. The maximum atomic E-state index is 12.7. The van der Waals surface area contributed by atoms with E-state index < -0.39 is 11.4 Å². The molecule has 0 fully saturated rings. The molecule has 0 unspecified atom stereocenters. The van der Waals surface area contributed by atoms with Crippen molar-refractivity contribution in [2.45, 2.75) is 33.2 Å². The van der Waals surface area contributed by atoms with Crippen LogP contribution in [0.15, 0.2) is 82.7 Å². The minimum absolute atomic E-state index is 0.0544. The van der Waals surface area contributed by atoms with Crippen molar-refractivity contribution in [3.63, 3.8) is 0 Å². The molecule has 1 aromatic heterocycles. The summed E-state index contributed by atoms with van der Waals surface area (Å²) in [5.41, 5.74) is 2.46. The van der Waals surface area contributed by atoms with Crippen molar-refractivity contribution >= 4 is 33.2 Å². The Bertz CT molecular complexity index is 1490. The molecule has 0 bridgehead atoms. The minimum atomic E-state index is -1.06. The summed E-state index contributed by atoms with van der Waals surface area (Å²) in [6.45, 7) is 4.45. The molecular formula is C30H31N2O6S-. The van der Waals surface area contributed by atoms with Gasteiger partial charge in [-0.05, 0) is 49.2 Å². The summed E-state index contributed by atoms with van der Waals surface area (Å²) in [5, 5.41) is 15.3. The maximum Gasteiger partial charge on any atom is 0.308 e. The summed E-state index contributed by atoms with van der Waals surface area (Å²) in [7, 11) is 1.51. The molecule has 0 saturated heterocycles. The number of hydrogen-bond donors (Lipinski definition) is 0. The molecule has 0 saturated carbocycles. The van der Waals surface area contributed by atoms with Crippen molar-refractivity contribution in [2.24, 2.45) is 10.6 Å². The van der Waals surface area contributed by atoms with E-state index in [1.165, 1.54) is 18.4 Å². The molecule has 0 radical (unpaired) electrons. The lowest BCUT2D eigenvalue weighted by molar-refractivity contribution is -0.317. The SMILES string of the molecule is CO/N=C(\c1ccccc1)c1ccc2c(c1)sc(=O)n2CCOc1ccc(OCCCC(C)(C)C(=O)[O-])cc1. The second-order valence-corrected chi connectivity index (χ2v) is 10.6. The zero-order valence-corrected chi connectivity index (χ0v) is 23.0.